The van der Waals surface area contributed by atoms with Crippen LogP contribution in [0.5, 0.6) is 0 Å². The molecule has 0 saturated carbocycles. The average Bonchev–Trinajstić information content (AvgIpc) is 3.17. The molecule has 2 unspecified atom stereocenters. The van der Waals surface area contributed by atoms with Crippen molar-refractivity contribution in [2.75, 3.05) is 32.8 Å². The van der Waals surface area contributed by atoms with Crippen LogP contribution < -0.4 is 10.6 Å². The van der Waals surface area contributed by atoms with E-state index in [1.165, 1.54) is 12.8 Å². The van der Waals surface area contributed by atoms with Gasteiger partial charge in [-0.3, -0.25) is 9.69 Å². The molecule has 0 aliphatic carbocycles. The molecule has 2 N–H and O–H groups in total. The molecule has 3 saturated heterocycles. The number of nitrogens with one attached hydrogen (secondary N) is 2. The monoisotopic (exact) mass is 281 g/mol. The standard InChI is InChI=1S/C15H27N3O2/c19-15(17-11-13-3-2-10-20-13)14-4-1-9-18(14)12-5-7-16-8-6-12/h12-14,16H,1-11H2,(H,17,19). The number of hydrogen-bond donors (Lipinski definition) is 2. The summed E-state index contributed by atoms with van der Waals surface area (Å²) in [5.74, 6) is 0.219. The molecule has 3 heterocycles. The van der Waals surface area contributed by atoms with Crippen molar-refractivity contribution in [1.82, 2.24) is 15.5 Å². The summed E-state index contributed by atoms with van der Waals surface area (Å²) >= 11 is 0. The smallest absolute Gasteiger partial charge is 0.237 e. The molecule has 1 amide bonds. The Kier molecular flexibility index (Phi) is 4.91. The van der Waals surface area contributed by atoms with E-state index in [1.807, 2.05) is 0 Å². The van der Waals surface area contributed by atoms with Gasteiger partial charge in [0.1, 0.15) is 0 Å². The summed E-state index contributed by atoms with van der Waals surface area (Å²) < 4.78 is 5.57. The largest absolute Gasteiger partial charge is 0.376 e. The number of likely N-dealkylation sites (tertiary alicyclic amines) is 1. The van der Waals surface area contributed by atoms with Gasteiger partial charge in [0.15, 0.2) is 0 Å². The van der Waals surface area contributed by atoms with Crippen molar-refractivity contribution in [1.29, 1.82) is 0 Å². The molecule has 2 atom stereocenters. The highest BCUT2D eigenvalue weighted by Gasteiger charge is 2.35. The van der Waals surface area contributed by atoms with Gasteiger partial charge in [-0.15, -0.1) is 0 Å². The molecule has 0 spiro atoms. The normalized spacial score (nSPS) is 32.6. The molecule has 114 valence electrons. The van der Waals surface area contributed by atoms with E-state index in [2.05, 4.69) is 15.5 Å². The lowest BCUT2D eigenvalue weighted by Crippen LogP contribution is -2.51. The van der Waals surface area contributed by atoms with Gasteiger partial charge in [0, 0.05) is 19.2 Å². The Bertz CT molecular complexity index is 325. The Hall–Kier alpha value is -0.650. The minimum atomic E-state index is 0.0968. The molecular formula is C15H27N3O2. The number of carbonyl (C=O) groups is 1. The van der Waals surface area contributed by atoms with E-state index in [1.54, 1.807) is 0 Å². The third-order valence-electron chi connectivity index (χ3n) is 4.90. The molecule has 0 radical (unpaired) electrons. The minimum Gasteiger partial charge on any atom is -0.376 e. The van der Waals surface area contributed by atoms with Gasteiger partial charge in [0.05, 0.1) is 12.1 Å². The lowest BCUT2D eigenvalue weighted by molar-refractivity contribution is -0.126. The maximum atomic E-state index is 12.4. The van der Waals surface area contributed by atoms with Gasteiger partial charge in [0.25, 0.3) is 0 Å². The summed E-state index contributed by atoms with van der Waals surface area (Å²) in [6.07, 6.45) is 6.98. The zero-order chi connectivity index (χ0) is 13.8. The third-order valence-corrected chi connectivity index (χ3v) is 4.90. The van der Waals surface area contributed by atoms with E-state index in [0.717, 1.165) is 51.9 Å². The molecule has 5 heteroatoms. The fraction of sp³-hybridized carbons (Fsp3) is 0.933. The highest BCUT2D eigenvalue weighted by atomic mass is 16.5. The van der Waals surface area contributed by atoms with Crippen LogP contribution in [0.3, 0.4) is 0 Å². The van der Waals surface area contributed by atoms with Crippen LogP contribution in [0.2, 0.25) is 0 Å². The third kappa shape index (κ3) is 3.32. The highest BCUT2D eigenvalue weighted by molar-refractivity contribution is 5.82. The number of piperidine rings is 1. The summed E-state index contributed by atoms with van der Waals surface area (Å²) in [7, 11) is 0. The second-order valence-corrected chi connectivity index (χ2v) is 6.26. The van der Waals surface area contributed by atoms with Gasteiger partial charge in [-0.05, 0) is 58.2 Å². The van der Waals surface area contributed by atoms with E-state index in [9.17, 15) is 4.79 Å². The fourth-order valence-electron chi connectivity index (χ4n) is 3.78. The first-order chi connectivity index (χ1) is 9.84. The molecule has 0 aromatic rings. The summed E-state index contributed by atoms with van der Waals surface area (Å²) in [4.78, 5) is 14.9. The van der Waals surface area contributed by atoms with Gasteiger partial charge < -0.3 is 15.4 Å². The van der Waals surface area contributed by atoms with Crippen molar-refractivity contribution in [2.24, 2.45) is 0 Å². The van der Waals surface area contributed by atoms with Gasteiger partial charge in [0.2, 0.25) is 5.91 Å². The number of nitrogens with zero attached hydrogens (tertiary/aromatic N) is 1. The minimum absolute atomic E-state index is 0.0968. The lowest BCUT2D eigenvalue weighted by atomic mass is 10.0. The second-order valence-electron chi connectivity index (χ2n) is 6.26. The van der Waals surface area contributed by atoms with E-state index < -0.39 is 0 Å². The van der Waals surface area contributed by atoms with Gasteiger partial charge in [-0.2, -0.15) is 0 Å². The van der Waals surface area contributed by atoms with Crippen molar-refractivity contribution in [3.63, 3.8) is 0 Å². The van der Waals surface area contributed by atoms with Crippen LogP contribution in [-0.2, 0) is 9.53 Å². The second kappa shape index (κ2) is 6.87. The van der Waals surface area contributed by atoms with Crippen molar-refractivity contribution in [3.8, 4) is 0 Å². The van der Waals surface area contributed by atoms with Gasteiger partial charge in [-0.25, -0.2) is 0 Å². The number of ether oxygens (including phenoxy) is 1. The quantitative estimate of drug-likeness (QED) is 0.788. The summed E-state index contributed by atoms with van der Waals surface area (Å²) in [6.45, 7) is 4.81. The molecule has 0 aromatic heterocycles. The van der Waals surface area contributed by atoms with Crippen LogP contribution in [-0.4, -0.2) is 61.8 Å². The lowest BCUT2D eigenvalue weighted by Gasteiger charge is -2.35. The van der Waals surface area contributed by atoms with Crippen LogP contribution in [0.15, 0.2) is 0 Å². The number of hydrogen-bond acceptors (Lipinski definition) is 4. The predicted octanol–water partition coefficient (Wildman–Crippen LogP) is 0.498. The summed E-state index contributed by atoms with van der Waals surface area (Å²) in [5.41, 5.74) is 0. The van der Waals surface area contributed by atoms with E-state index in [-0.39, 0.29) is 18.1 Å². The highest BCUT2D eigenvalue weighted by Crippen LogP contribution is 2.24. The zero-order valence-electron chi connectivity index (χ0n) is 12.3. The Morgan fingerprint density at radius 1 is 1.20 bits per heavy atom. The first-order valence-electron chi connectivity index (χ1n) is 8.20. The molecule has 0 bridgehead atoms. The van der Waals surface area contributed by atoms with E-state index in [4.69, 9.17) is 4.74 Å². The Morgan fingerprint density at radius 3 is 2.80 bits per heavy atom. The first-order valence-corrected chi connectivity index (χ1v) is 8.20. The van der Waals surface area contributed by atoms with Crippen molar-refractivity contribution >= 4 is 5.91 Å². The Labute approximate surface area is 121 Å². The van der Waals surface area contributed by atoms with Crippen LogP contribution >= 0.6 is 0 Å². The van der Waals surface area contributed by atoms with Crippen LogP contribution in [0.4, 0.5) is 0 Å². The maximum absolute atomic E-state index is 12.4. The fourth-order valence-corrected chi connectivity index (χ4v) is 3.78. The number of carbonyl (C=O) groups excluding carboxylic acids is 1. The molecule has 0 aromatic carbocycles. The van der Waals surface area contributed by atoms with Gasteiger partial charge >= 0.3 is 0 Å². The van der Waals surface area contributed by atoms with Crippen LogP contribution in [0.25, 0.3) is 0 Å². The molecule has 3 aliphatic heterocycles. The van der Waals surface area contributed by atoms with Crippen molar-refractivity contribution in [3.05, 3.63) is 0 Å². The van der Waals surface area contributed by atoms with Gasteiger partial charge in [-0.1, -0.05) is 0 Å². The van der Waals surface area contributed by atoms with Crippen LogP contribution in [0.1, 0.15) is 38.5 Å². The molecule has 3 aliphatic rings. The molecule has 20 heavy (non-hydrogen) atoms. The maximum Gasteiger partial charge on any atom is 0.237 e. The SMILES string of the molecule is O=C(NCC1CCCO1)C1CCCN1C1CCNCC1. The molecule has 3 rings (SSSR count). The average molecular weight is 281 g/mol. The zero-order valence-corrected chi connectivity index (χ0v) is 12.3. The summed E-state index contributed by atoms with van der Waals surface area (Å²) in [6, 6.07) is 0.691. The Balaban J connectivity index is 1.49. The van der Waals surface area contributed by atoms with Crippen molar-refractivity contribution in [2.45, 2.75) is 56.7 Å². The Morgan fingerprint density at radius 2 is 2.05 bits per heavy atom. The van der Waals surface area contributed by atoms with Crippen LogP contribution in [0, 0.1) is 0 Å². The first kappa shape index (κ1) is 14.3. The molecule has 5 nitrogen and oxygen atoms in total. The summed E-state index contributed by atoms with van der Waals surface area (Å²) in [5, 5.41) is 6.52. The topological polar surface area (TPSA) is 53.6 Å². The number of amides is 1. The number of rotatable bonds is 4. The molecular weight excluding hydrogens is 254 g/mol. The van der Waals surface area contributed by atoms with Crippen molar-refractivity contribution < 1.29 is 9.53 Å². The molecule has 3 fully saturated rings. The van der Waals surface area contributed by atoms with E-state index >= 15 is 0 Å². The predicted molar refractivity (Wildman–Crippen MR) is 77.6 cm³/mol. The van der Waals surface area contributed by atoms with E-state index in [0.29, 0.717) is 12.6 Å².